The molecule has 7 rings (SSSR count). The second kappa shape index (κ2) is 20.9. The molecule has 2 atom stereocenters. The van der Waals surface area contributed by atoms with Gasteiger partial charge in [-0.2, -0.15) is 0 Å². The van der Waals surface area contributed by atoms with Crippen molar-refractivity contribution in [2.24, 2.45) is 21.1 Å². The molecule has 4 heterocycles. The van der Waals surface area contributed by atoms with Gasteiger partial charge >= 0.3 is 5.69 Å². The lowest BCUT2D eigenvalue weighted by atomic mass is 10.0. The van der Waals surface area contributed by atoms with E-state index in [1.54, 1.807) is 75.2 Å². The molecule has 2 unspecified atom stereocenters. The van der Waals surface area contributed by atoms with Crippen LogP contribution in [-0.2, 0) is 51.6 Å². The van der Waals surface area contributed by atoms with Crippen LogP contribution in [0, 0.1) is 6.92 Å². The SMILES string of the molecule is Cc1nc(N(c2cc3c(cc2Oc2cccc(OCC(=O)NCCCCCCCCNC(=O)COc4cccc5c4C(=O)N(C4CCC(=O)NC4=O)C5=O)c2)n(C)c(=O)n3C)S(=O)O)cn1C. The van der Waals surface area contributed by atoms with Crippen LogP contribution in [-0.4, -0.2) is 100 Å². The van der Waals surface area contributed by atoms with Gasteiger partial charge in [-0.1, -0.05) is 37.8 Å². The van der Waals surface area contributed by atoms with Crippen LogP contribution < -0.4 is 40.2 Å². The van der Waals surface area contributed by atoms with Crippen LogP contribution in [0.5, 0.6) is 23.0 Å². The van der Waals surface area contributed by atoms with Gasteiger partial charge in [-0.25, -0.2) is 18.3 Å². The minimum atomic E-state index is -2.58. The lowest BCUT2D eigenvalue weighted by Gasteiger charge is -2.27. The number of unbranched alkanes of at least 4 members (excludes halogenated alkanes) is 5. The number of carbonyl (C=O) groups excluding carboxylic acids is 6. The van der Waals surface area contributed by atoms with Crippen LogP contribution in [0.25, 0.3) is 11.0 Å². The number of rotatable bonds is 21. The highest BCUT2D eigenvalue weighted by Gasteiger charge is 2.46. The molecule has 2 aliphatic rings. The number of aromatic nitrogens is 4. The third kappa shape index (κ3) is 10.7. The van der Waals surface area contributed by atoms with Crippen LogP contribution in [0.2, 0.25) is 0 Å². The summed E-state index contributed by atoms with van der Waals surface area (Å²) >= 11 is -2.58. The maximum absolute atomic E-state index is 13.2. The van der Waals surface area contributed by atoms with Crippen LogP contribution >= 0.6 is 0 Å². The van der Waals surface area contributed by atoms with E-state index in [0.29, 0.717) is 41.4 Å². The van der Waals surface area contributed by atoms with Crippen LogP contribution in [0.3, 0.4) is 0 Å². The Morgan fingerprint density at radius 3 is 2.09 bits per heavy atom. The predicted octanol–water partition coefficient (Wildman–Crippen LogP) is 3.42. The molecule has 6 amide bonds. The molecular weight excluding hydrogens is 891 g/mol. The van der Waals surface area contributed by atoms with Crippen molar-refractivity contribution >= 4 is 69.2 Å². The number of benzene rings is 3. The molecule has 5 aromatic rings. The Bertz CT molecular complexity index is 2810. The molecule has 3 aromatic carbocycles. The number of imidazole rings is 2. The van der Waals surface area contributed by atoms with E-state index >= 15 is 0 Å². The minimum absolute atomic E-state index is 0.00190. The summed E-state index contributed by atoms with van der Waals surface area (Å²) in [5, 5.41) is 7.81. The normalized spacial score (nSPS) is 15.1. The topological polar surface area (TPSA) is 255 Å². The first-order valence-electron chi connectivity index (χ1n) is 21.6. The van der Waals surface area contributed by atoms with E-state index in [1.807, 2.05) is 0 Å². The number of nitrogens with zero attached hydrogens (tertiary/aromatic N) is 6. The molecule has 21 nitrogen and oxygen atoms in total. The van der Waals surface area contributed by atoms with Gasteiger partial charge in [0.2, 0.25) is 11.8 Å². The van der Waals surface area contributed by atoms with E-state index in [-0.39, 0.29) is 71.8 Å². The first kappa shape index (κ1) is 47.6. The quantitative estimate of drug-likeness (QED) is 0.0468. The van der Waals surface area contributed by atoms with Crippen molar-refractivity contribution in [3.63, 3.8) is 0 Å². The molecular formula is C45H51N9O12S. The van der Waals surface area contributed by atoms with Gasteiger partial charge in [0.15, 0.2) is 24.8 Å². The van der Waals surface area contributed by atoms with Gasteiger partial charge in [-0.3, -0.25) is 52.7 Å². The molecule has 354 valence electrons. The highest BCUT2D eigenvalue weighted by Crippen LogP contribution is 2.40. The fourth-order valence-corrected chi connectivity index (χ4v) is 8.41. The number of hydrogen-bond donors (Lipinski definition) is 4. The number of fused-ring (bicyclic) bond motifs is 2. The van der Waals surface area contributed by atoms with E-state index in [2.05, 4.69) is 20.9 Å². The zero-order chi connectivity index (χ0) is 47.9. The first-order valence-corrected chi connectivity index (χ1v) is 22.7. The highest BCUT2D eigenvalue weighted by molar-refractivity contribution is 7.81. The Labute approximate surface area is 386 Å². The van der Waals surface area contributed by atoms with E-state index in [4.69, 9.17) is 14.2 Å². The van der Waals surface area contributed by atoms with Gasteiger partial charge < -0.3 is 29.4 Å². The van der Waals surface area contributed by atoms with Crippen molar-refractivity contribution in [3.05, 3.63) is 88.2 Å². The number of amides is 6. The predicted molar refractivity (Wildman–Crippen MR) is 243 cm³/mol. The molecule has 2 aromatic heterocycles. The summed E-state index contributed by atoms with van der Waals surface area (Å²) < 4.78 is 46.6. The third-order valence-corrected chi connectivity index (χ3v) is 12.2. The molecule has 0 saturated carbocycles. The van der Waals surface area contributed by atoms with Crippen molar-refractivity contribution in [2.75, 3.05) is 30.6 Å². The molecule has 22 heteroatoms. The zero-order valence-corrected chi connectivity index (χ0v) is 38.2. The molecule has 4 N–H and O–H groups in total. The monoisotopic (exact) mass is 941 g/mol. The zero-order valence-electron chi connectivity index (χ0n) is 37.4. The standard InChI is InChI=1S/C45H51N9O12S/c1-27-48-37(24-50(27)2)54(67(62)63)34-22-32-33(52(4)45(61)51(32)3)23-36(34)66-29-14-11-13-28(21-29)64-25-39(56)46-19-9-7-5-6-8-10-20-47-40(57)26-65-35-16-12-15-30-41(35)44(60)53(43(30)59)31-17-18-38(55)49-42(31)58/h11-16,21-24,31H,5-10,17-20,25-26H2,1-4H3,(H,46,56)(H,47,57)(H,62,63)(H,49,55,58). The number of hydrogen-bond acceptors (Lipinski definition) is 12. The summed E-state index contributed by atoms with van der Waals surface area (Å²) in [5.74, 6) is -1.59. The van der Waals surface area contributed by atoms with Crippen LogP contribution in [0.15, 0.2) is 65.6 Å². The minimum Gasteiger partial charge on any atom is -0.484 e. The van der Waals surface area contributed by atoms with Crippen molar-refractivity contribution in [1.82, 2.24) is 39.5 Å². The lowest BCUT2D eigenvalue weighted by Crippen LogP contribution is -2.54. The van der Waals surface area contributed by atoms with Crippen molar-refractivity contribution in [3.8, 4) is 23.0 Å². The van der Waals surface area contributed by atoms with Gasteiger partial charge in [0.05, 0.1) is 22.2 Å². The fourth-order valence-electron chi connectivity index (χ4n) is 7.85. The molecule has 67 heavy (non-hydrogen) atoms. The summed E-state index contributed by atoms with van der Waals surface area (Å²) in [6.07, 6.45) is 6.74. The molecule has 0 spiro atoms. The molecule has 2 aliphatic heterocycles. The van der Waals surface area contributed by atoms with Gasteiger partial charge in [0.25, 0.3) is 34.9 Å². The van der Waals surface area contributed by atoms with Crippen molar-refractivity contribution in [1.29, 1.82) is 0 Å². The number of piperidine rings is 1. The Morgan fingerprint density at radius 1 is 0.821 bits per heavy atom. The summed E-state index contributed by atoms with van der Waals surface area (Å²) in [5.41, 5.74) is 0.963. The average molecular weight is 942 g/mol. The number of imide groups is 2. The van der Waals surface area contributed by atoms with E-state index in [0.717, 1.165) is 47.7 Å². The second-order valence-electron chi connectivity index (χ2n) is 16.1. The second-order valence-corrected chi connectivity index (χ2v) is 16.9. The number of nitrogens with one attached hydrogen (secondary N) is 3. The van der Waals surface area contributed by atoms with E-state index < -0.39 is 46.8 Å². The van der Waals surface area contributed by atoms with E-state index in [9.17, 15) is 42.3 Å². The number of ether oxygens (including phenoxy) is 3. The maximum atomic E-state index is 13.2. The van der Waals surface area contributed by atoms with Gasteiger partial charge in [0, 0.05) is 59.0 Å². The summed E-state index contributed by atoms with van der Waals surface area (Å²) in [4.78, 5) is 93.4. The van der Waals surface area contributed by atoms with Crippen molar-refractivity contribution in [2.45, 2.75) is 64.3 Å². The van der Waals surface area contributed by atoms with Crippen LogP contribution in [0.4, 0.5) is 11.5 Å². The lowest BCUT2D eigenvalue weighted by molar-refractivity contribution is -0.136. The first-order chi connectivity index (χ1) is 32.1. The maximum Gasteiger partial charge on any atom is 0.328 e. The third-order valence-electron chi connectivity index (χ3n) is 11.5. The number of anilines is 2. The largest absolute Gasteiger partial charge is 0.484 e. The average Bonchev–Trinajstić information content (AvgIpc) is 3.84. The Hall–Kier alpha value is -7.33. The summed E-state index contributed by atoms with van der Waals surface area (Å²) in [7, 11) is 4.98. The molecule has 0 aliphatic carbocycles. The smallest absolute Gasteiger partial charge is 0.328 e. The van der Waals surface area contributed by atoms with Crippen LogP contribution in [0.1, 0.15) is 77.9 Å². The molecule has 1 saturated heterocycles. The Balaban J connectivity index is 0.799. The highest BCUT2D eigenvalue weighted by atomic mass is 32.2. The molecule has 0 bridgehead atoms. The fraction of sp³-hybridized carbons (Fsp3) is 0.378. The molecule has 1 fully saturated rings. The van der Waals surface area contributed by atoms with Gasteiger partial charge in [-0.05, 0) is 56.5 Å². The Morgan fingerprint density at radius 2 is 1.45 bits per heavy atom. The number of carbonyl (C=O) groups is 6. The molecule has 0 radical (unpaired) electrons. The van der Waals surface area contributed by atoms with E-state index in [1.165, 1.54) is 27.3 Å². The summed E-state index contributed by atoms with van der Waals surface area (Å²) in [6.45, 7) is 2.02. The van der Waals surface area contributed by atoms with Crippen molar-refractivity contribution < 1.29 is 51.7 Å². The number of aryl methyl sites for hydroxylation is 4. The van der Waals surface area contributed by atoms with Gasteiger partial charge in [-0.15, -0.1) is 0 Å². The Kier molecular flexibility index (Phi) is 14.8. The van der Waals surface area contributed by atoms with Gasteiger partial charge in [0.1, 0.15) is 34.8 Å². The summed E-state index contributed by atoms with van der Waals surface area (Å²) in [6, 6.07) is 13.1.